The van der Waals surface area contributed by atoms with Crippen LogP contribution in [0.3, 0.4) is 0 Å². The molecular formula is C18H15Cl2NO2S. The van der Waals surface area contributed by atoms with Crippen LogP contribution in [0.15, 0.2) is 41.3 Å². The molecule has 2 aromatic carbocycles. The van der Waals surface area contributed by atoms with Crippen LogP contribution in [0.25, 0.3) is 6.08 Å². The average Bonchev–Trinajstić information content (AvgIpc) is 2.50. The summed E-state index contributed by atoms with van der Waals surface area (Å²) in [5, 5.41) is 10.0. The quantitative estimate of drug-likeness (QED) is 0.695. The monoisotopic (exact) mass is 379 g/mol. The van der Waals surface area contributed by atoms with E-state index in [-0.39, 0.29) is 15.7 Å². The maximum absolute atomic E-state index is 12.6. The van der Waals surface area contributed by atoms with Crippen molar-refractivity contribution < 1.29 is 8.42 Å². The van der Waals surface area contributed by atoms with Crippen LogP contribution in [-0.2, 0) is 15.6 Å². The number of aryl methyl sites for hydroxylation is 2. The van der Waals surface area contributed by atoms with Gasteiger partial charge < -0.3 is 0 Å². The number of hydrogen-bond donors (Lipinski definition) is 0. The van der Waals surface area contributed by atoms with Crippen LogP contribution in [0.1, 0.15) is 22.3 Å². The number of halogens is 2. The lowest BCUT2D eigenvalue weighted by Gasteiger charge is -2.07. The van der Waals surface area contributed by atoms with Crippen molar-refractivity contribution in [1.82, 2.24) is 0 Å². The lowest BCUT2D eigenvalue weighted by Crippen LogP contribution is -2.07. The maximum Gasteiger partial charge on any atom is 0.192 e. The number of allylic oxidation sites excluding steroid dienone is 1. The summed E-state index contributed by atoms with van der Waals surface area (Å²) in [5.74, 6) is -0.354. The molecule has 0 N–H and O–H groups in total. The van der Waals surface area contributed by atoms with Crippen LogP contribution in [0.5, 0.6) is 0 Å². The van der Waals surface area contributed by atoms with Crippen molar-refractivity contribution in [3.05, 3.63) is 73.6 Å². The zero-order chi connectivity index (χ0) is 17.9. The number of rotatable bonds is 4. The summed E-state index contributed by atoms with van der Waals surface area (Å²) in [4.78, 5) is -0.290. The van der Waals surface area contributed by atoms with Crippen LogP contribution in [0.4, 0.5) is 0 Å². The Hall–Kier alpha value is -1.80. The van der Waals surface area contributed by atoms with E-state index < -0.39 is 9.84 Å². The Balaban J connectivity index is 2.43. The molecule has 0 saturated heterocycles. The summed E-state index contributed by atoms with van der Waals surface area (Å²) >= 11 is 11.9. The third-order valence-corrected chi connectivity index (χ3v) is 5.68. The van der Waals surface area contributed by atoms with E-state index >= 15 is 0 Å². The van der Waals surface area contributed by atoms with Crippen LogP contribution in [0, 0.1) is 25.2 Å². The first kappa shape index (κ1) is 18.5. The molecular weight excluding hydrogens is 365 g/mol. The van der Waals surface area contributed by atoms with Gasteiger partial charge in [0.05, 0.1) is 5.75 Å². The van der Waals surface area contributed by atoms with E-state index in [1.54, 1.807) is 18.2 Å². The highest BCUT2D eigenvalue weighted by Crippen LogP contribution is 2.26. The van der Waals surface area contributed by atoms with Crippen molar-refractivity contribution in [2.75, 3.05) is 0 Å². The molecule has 6 heteroatoms. The summed E-state index contributed by atoms with van der Waals surface area (Å²) in [6, 6.07) is 12.1. The fourth-order valence-electron chi connectivity index (χ4n) is 2.17. The highest BCUT2D eigenvalue weighted by molar-refractivity contribution is 7.95. The predicted octanol–water partition coefficient (Wildman–Crippen LogP) is 5.09. The van der Waals surface area contributed by atoms with Crippen molar-refractivity contribution in [3.63, 3.8) is 0 Å². The Morgan fingerprint density at radius 1 is 1.17 bits per heavy atom. The maximum atomic E-state index is 12.6. The topological polar surface area (TPSA) is 57.9 Å². The highest BCUT2D eigenvalue weighted by atomic mass is 35.5. The summed E-state index contributed by atoms with van der Waals surface area (Å²) in [6.45, 7) is 3.77. The minimum absolute atomic E-state index is 0.259. The number of benzene rings is 2. The first-order valence-corrected chi connectivity index (χ1v) is 9.49. The molecule has 0 aliphatic heterocycles. The van der Waals surface area contributed by atoms with E-state index in [2.05, 4.69) is 0 Å². The Kier molecular flexibility index (Phi) is 5.71. The number of nitriles is 1. The molecule has 0 radical (unpaired) electrons. The molecule has 3 nitrogen and oxygen atoms in total. The molecule has 0 spiro atoms. The van der Waals surface area contributed by atoms with E-state index in [1.807, 2.05) is 32.0 Å². The largest absolute Gasteiger partial charge is 0.223 e. The third kappa shape index (κ3) is 4.39. The molecule has 0 aromatic heterocycles. The first-order valence-electron chi connectivity index (χ1n) is 7.08. The highest BCUT2D eigenvalue weighted by Gasteiger charge is 2.20. The molecule has 0 aliphatic rings. The van der Waals surface area contributed by atoms with Crippen LogP contribution >= 0.6 is 23.2 Å². The van der Waals surface area contributed by atoms with Crippen molar-refractivity contribution in [2.24, 2.45) is 0 Å². The smallest absolute Gasteiger partial charge is 0.192 e. The molecule has 2 rings (SSSR count). The number of nitrogens with zero attached hydrogens (tertiary/aromatic N) is 1. The minimum Gasteiger partial charge on any atom is -0.223 e. The zero-order valence-corrected chi connectivity index (χ0v) is 15.5. The second-order valence-electron chi connectivity index (χ2n) is 5.48. The molecule has 0 aliphatic carbocycles. The molecule has 0 fully saturated rings. The number of hydrogen-bond acceptors (Lipinski definition) is 3. The lowest BCUT2D eigenvalue weighted by molar-refractivity contribution is 0.602. The molecule has 0 unspecified atom stereocenters. The molecule has 0 saturated carbocycles. The van der Waals surface area contributed by atoms with Crippen molar-refractivity contribution >= 4 is 39.1 Å². The summed E-state index contributed by atoms with van der Waals surface area (Å²) in [7, 11) is -3.82. The molecule has 0 atom stereocenters. The second kappa shape index (κ2) is 7.40. The van der Waals surface area contributed by atoms with Gasteiger partial charge in [-0.2, -0.15) is 5.26 Å². The van der Waals surface area contributed by atoms with E-state index in [9.17, 15) is 13.7 Å². The van der Waals surface area contributed by atoms with Gasteiger partial charge in [0.25, 0.3) is 0 Å². The van der Waals surface area contributed by atoms with Gasteiger partial charge in [-0.15, -0.1) is 0 Å². The lowest BCUT2D eigenvalue weighted by atomic mass is 10.1. The SMILES string of the molecule is Cc1ccc(C)c(C=C(C#N)S(=O)(=O)Cc2ccc(Cl)cc2Cl)c1. The van der Waals surface area contributed by atoms with Crippen LogP contribution in [-0.4, -0.2) is 8.42 Å². The number of sulfone groups is 1. The molecule has 0 heterocycles. The Bertz CT molecular complexity index is 957. The normalized spacial score (nSPS) is 12.0. The Labute approximate surface area is 152 Å². The van der Waals surface area contributed by atoms with Gasteiger partial charge in [-0.25, -0.2) is 8.42 Å². The Morgan fingerprint density at radius 2 is 1.88 bits per heavy atom. The standard InChI is InChI=1S/C18H15Cl2NO2S/c1-12-3-4-13(2)15(7-12)8-17(10-21)24(22,23)11-14-5-6-16(19)9-18(14)20/h3-9H,11H2,1-2H3. The fourth-order valence-corrected chi connectivity index (χ4v) is 3.99. The minimum atomic E-state index is -3.82. The van der Waals surface area contributed by atoms with E-state index in [0.717, 1.165) is 11.1 Å². The van der Waals surface area contributed by atoms with Gasteiger partial charge >= 0.3 is 0 Å². The van der Waals surface area contributed by atoms with Gasteiger partial charge in [0, 0.05) is 10.0 Å². The molecule has 2 aromatic rings. The zero-order valence-electron chi connectivity index (χ0n) is 13.2. The van der Waals surface area contributed by atoms with Crippen molar-refractivity contribution in [1.29, 1.82) is 5.26 Å². The van der Waals surface area contributed by atoms with Crippen molar-refractivity contribution in [2.45, 2.75) is 19.6 Å². The van der Waals surface area contributed by atoms with Gasteiger partial charge in [-0.05, 0) is 48.7 Å². The van der Waals surface area contributed by atoms with Gasteiger partial charge in [0.15, 0.2) is 9.84 Å². The second-order valence-corrected chi connectivity index (χ2v) is 8.28. The van der Waals surface area contributed by atoms with E-state index in [0.29, 0.717) is 16.1 Å². The fraction of sp³-hybridized carbons (Fsp3) is 0.167. The predicted molar refractivity (Wildman–Crippen MR) is 98.6 cm³/mol. The average molecular weight is 380 g/mol. The molecule has 0 bridgehead atoms. The van der Waals surface area contributed by atoms with Gasteiger partial charge in [-0.3, -0.25) is 0 Å². The molecule has 24 heavy (non-hydrogen) atoms. The summed E-state index contributed by atoms with van der Waals surface area (Å²) < 4.78 is 25.2. The van der Waals surface area contributed by atoms with Gasteiger partial charge in [-0.1, -0.05) is 53.0 Å². The van der Waals surface area contributed by atoms with E-state index in [4.69, 9.17) is 23.2 Å². The van der Waals surface area contributed by atoms with Crippen molar-refractivity contribution in [3.8, 4) is 6.07 Å². The van der Waals surface area contributed by atoms with Crippen LogP contribution in [0.2, 0.25) is 10.0 Å². The summed E-state index contributed by atoms with van der Waals surface area (Å²) in [6.07, 6.45) is 1.40. The first-order chi connectivity index (χ1) is 11.2. The van der Waals surface area contributed by atoms with Gasteiger partial charge in [0.2, 0.25) is 0 Å². The Morgan fingerprint density at radius 3 is 2.50 bits per heavy atom. The van der Waals surface area contributed by atoms with Crippen LogP contribution < -0.4 is 0 Å². The molecule has 124 valence electrons. The summed E-state index contributed by atoms with van der Waals surface area (Å²) in [5.41, 5.74) is 3.00. The third-order valence-electron chi connectivity index (χ3n) is 3.53. The molecule has 0 amide bonds. The van der Waals surface area contributed by atoms with Gasteiger partial charge in [0.1, 0.15) is 11.0 Å². The van der Waals surface area contributed by atoms with E-state index in [1.165, 1.54) is 12.1 Å².